The van der Waals surface area contributed by atoms with Gasteiger partial charge in [0.15, 0.2) is 0 Å². The molecular formula is C13H22N4O4. The standard InChI is InChI=1S/C13H22N4O4/c18-11-3-2-10(15-11)8-14-13(21)17-5-1-4-16(6-7-17)9-12(19)20/h10H,1-9H2,(H,14,21)(H,15,18)(H,19,20). The maximum Gasteiger partial charge on any atom is 0.317 e. The van der Waals surface area contributed by atoms with Crippen LogP contribution in [0.1, 0.15) is 19.3 Å². The molecule has 3 N–H and O–H groups in total. The van der Waals surface area contributed by atoms with Crippen LogP contribution in [-0.2, 0) is 9.59 Å². The van der Waals surface area contributed by atoms with Gasteiger partial charge in [0.2, 0.25) is 5.91 Å². The zero-order valence-electron chi connectivity index (χ0n) is 12.0. The first-order valence-electron chi connectivity index (χ1n) is 7.31. The fourth-order valence-corrected chi connectivity index (χ4v) is 2.68. The molecule has 8 nitrogen and oxygen atoms in total. The van der Waals surface area contributed by atoms with Gasteiger partial charge in [-0.15, -0.1) is 0 Å². The van der Waals surface area contributed by atoms with E-state index in [2.05, 4.69) is 10.6 Å². The Morgan fingerprint density at radius 3 is 2.76 bits per heavy atom. The summed E-state index contributed by atoms with van der Waals surface area (Å²) in [7, 11) is 0. The Bertz CT molecular complexity index is 415. The lowest BCUT2D eigenvalue weighted by molar-refractivity contribution is -0.138. The van der Waals surface area contributed by atoms with Crippen molar-refractivity contribution in [2.24, 2.45) is 0 Å². The first-order valence-corrected chi connectivity index (χ1v) is 7.31. The summed E-state index contributed by atoms with van der Waals surface area (Å²) in [6.07, 6.45) is 2.04. The third-order valence-electron chi connectivity index (χ3n) is 3.82. The van der Waals surface area contributed by atoms with Gasteiger partial charge < -0.3 is 20.6 Å². The van der Waals surface area contributed by atoms with E-state index in [4.69, 9.17) is 5.11 Å². The number of nitrogens with one attached hydrogen (secondary N) is 2. The summed E-state index contributed by atoms with van der Waals surface area (Å²) in [6.45, 7) is 2.87. The minimum atomic E-state index is -0.843. The van der Waals surface area contributed by atoms with Gasteiger partial charge in [0.25, 0.3) is 0 Å². The minimum absolute atomic E-state index is 0.0174. The first kappa shape index (κ1) is 15.6. The SMILES string of the molecule is O=C(O)CN1CCCN(C(=O)NCC2CCC(=O)N2)CC1. The van der Waals surface area contributed by atoms with Crippen molar-refractivity contribution in [1.29, 1.82) is 0 Å². The highest BCUT2D eigenvalue weighted by molar-refractivity contribution is 5.79. The van der Waals surface area contributed by atoms with E-state index in [9.17, 15) is 14.4 Å². The topological polar surface area (TPSA) is 102 Å². The molecule has 1 atom stereocenters. The van der Waals surface area contributed by atoms with Crippen LogP contribution >= 0.6 is 0 Å². The number of carboxylic acids is 1. The second-order valence-corrected chi connectivity index (χ2v) is 5.50. The molecule has 118 valence electrons. The Morgan fingerprint density at radius 1 is 1.29 bits per heavy atom. The molecule has 0 aromatic heterocycles. The van der Waals surface area contributed by atoms with Crippen molar-refractivity contribution in [3.63, 3.8) is 0 Å². The smallest absolute Gasteiger partial charge is 0.317 e. The van der Waals surface area contributed by atoms with E-state index in [0.29, 0.717) is 39.1 Å². The highest BCUT2D eigenvalue weighted by Crippen LogP contribution is 2.06. The Hall–Kier alpha value is -1.83. The Kier molecular flexibility index (Phi) is 5.38. The maximum absolute atomic E-state index is 12.1. The highest BCUT2D eigenvalue weighted by atomic mass is 16.4. The number of urea groups is 1. The molecule has 0 bridgehead atoms. The zero-order valence-corrected chi connectivity index (χ0v) is 12.0. The second-order valence-electron chi connectivity index (χ2n) is 5.50. The summed E-state index contributed by atoms with van der Waals surface area (Å²) in [5.41, 5.74) is 0. The Morgan fingerprint density at radius 2 is 2.10 bits per heavy atom. The molecule has 2 heterocycles. The van der Waals surface area contributed by atoms with Crippen molar-refractivity contribution in [3.05, 3.63) is 0 Å². The van der Waals surface area contributed by atoms with Crippen molar-refractivity contribution >= 4 is 17.9 Å². The van der Waals surface area contributed by atoms with Crippen LogP contribution in [0.2, 0.25) is 0 Å². The number of aliphatic carboxylic acids is 1. The Balaban J connectivity index is 1.72. The van der Waals surface area contributed by atoms with Gasteiger partial charge in [-0.25, -0.2) is 4.79 Å². The van der Waals surface area contributed by atoms with Crippen molar-refractivity contribution < 1.29 is 19.5 Å². The van der Waals surface area contributed by atoms with Crippen LogP contribution in [0.3, 0.4) is 0 Å². The van der Waals surface area contributed by atoms with E-state index in [1.54, 1.807) is 4.90 Å². The van der Waals surface area contributed by atoms with Crippen LogP contribution in [-0.4, -0.2) is 78.1 Å². The number of amides is 3. The second kappa shape index (κ2) is 7.26. The van der Waals surface area contributed by atoms with Crippen LogP contribution < -0.4 is 10.6 Å². The predicted molar refractivity (Wildman–Crippen MR) is 74.8 cm³/mol. The van der Waals surface area contributed by atoms with E-state index in [-0.39, 0.29) is 24.5 Å². The van der Waals surface area contributed by atoms with Gasteiger partial charge in [-0.3, -0.25) is 14.5 Å². The largest absolute Gasteiger partial charge is 0.480 e. The van der Waals surface area contributed by atoms with E-state index in [1.807, 2.05) is 4.90 Å². The Labute approximate surface area is 123 Å². The summed E-state index contributed by atoms with van der Waals surface area (Å²) in [6, 6.07) is -0.120. The van der Waals surface area contributed by atoms with Gasteiger partial charge >= 0.3 is 12.0 Å². The molecule has 2 aliphatic rings. The number of carboxylic acid groups (broad SMARTS) is 1. The number of hydrogen-bond donors (Lipinski definition) is 3. The third kappa shape index (κ3) is 4.89. The molecule has 2 fully saturated rings. The lowest BCUT2D eigenvalue weighted by atomic mass is 10.2. The summed E-state index contributed by atoms with van der Waals surface area (Å²) in [5, 5.41) is 14.4. The third-order valence-corrected chi connectivity index (χ3v) is 3.82. The van der Waals surface area contributed by atoms with Gasteiger partial charge in [0, 0.05) is 45.2 Å². The molecule has 8 heteroatoms. The molecule has 0 spiro atoms. The molecule has 0 saturated carbocycles. The maximum atomic E-state index is 12.1. The fourth-order valence-electron chi connectivity index (χ4n) is 2.68. The average Bonchev–Trinajstić information content (AvgIpc) is 2.70. The molecule has 3 amide bonds. The van der Waals surface area contributed by atoms with Crippen LogP contribution in [0, 0.1) is 0 Å². The summed E-state index contributed by atoms with van der Waals surface area (Å²) in [4.78, 5) is 37.4. The van der Waals surface area contributed by atoms with E-state index >= 15 is 0 Å². The average molecular weight is 298 g/mol. The molecule has 2 saturated heterocycles. The number of nitrogens with zero attached hydrogens (tertiary/aromatic N) is 2. The lowest BCUT2D eigenvalue weighted by Gasteiger charge is -2.22. The molecule has 21 heavy (non-hydrogen) atoms. The van der Waals surface area contributed by atoms with Gasteiger partial charge in [0.1, 0.15) is 0 Å². The summed E-state index contributed by atoms with van der Waals surface area (Å²) >= 11 is 0. The molecule has 0 aromatic rings. The molecule has 0 radical (unpaired) electrons. The van der Waals surface area contributed by atoms with E-state index in [1.165, 1.54) is 0 Å². The van der Waals surface area contributed by atoms with Crippen molar-refractivity contribution in [2.75, 3.05) is 39.3 Å². The predicted octanol–water partition coefficient (Wildman–Crippen LogP) is -0.933. The van der Waals surface area contributed by atoms with Crippen LogP contribution in [0.4, 0.5) is 4.79 Å². The quantitative estimate of drug-likeness (QED) is 0.622. The molecule has 0 aromatic carbocycles. The van der Waals surface area contributed by atoms with Crippen molar-refractivity contribution in [3.8, 4) is 0 Å². The number of hydrogen-bond acceptors (Lipinski definition) is 4. The molecule has 2 aliphatic heterocycles. The number of rotatable bonds is 4. The van der Waals surface area contributed by atoms with E-state index < -0.39 is 5.97 Å². The fraction of sp³-hybridized carbons (Fsp3) is 0.769. The molecule has 2 rings (SSSR count). The summed E-state index contributed by atoms with van der Waals surface area (Å²) < 4.78 is 0. The van der Waals surface area contributed by atoms with Gasteiger partial charge in [-0.1, -0.05) is 0 Å². The molecular weight excluding hydrogens is 276 g/mol. The van der Waals surface area contributed by atoms with Crippen LogP contribution in [0.5, 0.6) is 0 Å². The number of carbonyl (C=O) groups excluding carboxylic acids is 2. The van der Waals surface area contributed by atoms with Gasteiger partial charge in [-0.05, 0) is 12.8 Å². The molecule has 0 aliphatic carbocycles. The highest BCUT2D eigenvalue weighted by Gasteiger charge is 2.23. The van der Waals surface area contributed by atoms with Crippen molar-refractivity contribution in [1.82, 2.24) is 20.4 Å². The molecule has 1 unspecified atom stereocenters. The van der Waals surface area contributed by atoms with Gasteiger partial charge in [0.05, 0.1) is 6.54 Å². The number of carbonyl (C=O) groups is 3. The lowest BCUT2D eigenvalue weighted by Crippen LogP contribution is -2.46. The monoisotopic (exact) mass is 298 g/mol. The minimum Gasteiger partial charge on any atom is -0.480 e. The van der Waals surface area contributed by atoms with Crippen LogP contribution in [0.25, 0.3) is 0 Å². The zero-order chi connectivity index (χ0) is 15.2. The normalized spacial score (nSPS) is 23.5. The first-order chi connectivity index (χ1) is 10.0. The van der Waals surface area contributed by atoms with Crippen LogP contribution in [0.15, 0.2) is 0 Å². The van der Waals surface area contributed by atoms with Crippen molar-refractivity contribution in [2.45, 2.75) is 25.3 Å². The summed E-state index contributed by atoms with van der Waals surface area (Å²) in [5.74, 6) is -0.807. The van der Waals surface area contributed by atoms with Gasteiger partial charge in [-0.2, -0.15) is 0 Å². The van der Waals surface area contributed by atoms with E-state index in [0.717, 1.165) is 12.8 Å².